The Bertz CT molecular complexity index is 385. The average molecular weight is 219 g/mol. The molecule has 0 spiro atoms. The summed E-state index contributed by atoms with van der Waals surface area (Å²) in [4.78, 5) is 21.3. The zero-order chi connectivity index (χ0) is 11.8. The largest absolute Gasteiger partial charge is 0.462 e. The van der Waals surface area contributed by atoms with E-state index in [1.54, 1.807) is 0 Å². The molecule has 84 valence electrons. The number of hydrogen-bond acceptors (Lipinski definition) is 3. The summed E-state index contributed by atoms with van der Waals surface area (Å²) in [6, 6.07) is 9.67. The van der Waals surface area contributed by atoms with E-state index in [4.69, 9.17) is 10.5 Å². The summed E-state index contributed by atoms with van der Waals surface area (Å²) in [7, 11) is 0. The Morgan fingerprint density at radius 1 is 1.19 bits per heavy atom. The molecule has 0 saturated heterocycles. The van der Waals surface area contributed by atoms with Crippen molar-refractivity contribution in [3.63, 3.8) is 0 Å². The minimum Gasteiger partial charge on any atom is -0.462 e. The molecule has 1 aromatic rings. The standard InChI is InChI=1S/C12H13NO3/c13-11(14)6-7-12(15)16-9-8-10-4-2-1-3-5-10/h1-7H,8-9H2,(H2,13,14)/b7-6+. The van der Waals surface area contributed by atoms with E-state index in [0.717, 1.165) is 17.7 Å². The first kappa shape index (κ1) is 12.0. The molecule has 4 heteroatoms. The van der Waals surface area contributed by atoms with Gasteiger partial charge in [-0.25, -0.2) is 4.79 Å². The molecular formula is C12H13NO3. The van der Waals surface area contributed by atoms with Crippen molar-refractivity contribution >= 4 is 11.9 Å². The smallest absolute Gasteiger partial charge is 0.330 e. The highest BCUT2D eigenvalue weighted by atomic mass is 16.5. The molecule has 0 aliphatic rings. The van der Waals surface area contributed by atoms with E-state index >= 15 is 0 Å². The van der Waals surface area contributed by atoms with Gasteiger partial charge in [0.15, 0.2) is 0 Å². The first-order valence-corrected chi connectivity index (χ1v) is 4.86. The number of ether oxygens (including phenoxy) is 1. The molecule has 0 bridgehead atoms. The van der Waals surface area contributed by atoms with Crippen LogP contribution in [0.2, 0.25) is 0 Å². The van der Waals surface area contributed by atoms with E-state index in [9.17, 15) is 9.59 Å². The van der Waals surface area contributed by atoms with E-state index in [2.05, 4.69) is 0 Å². The Morgan fingerprint density at radius 3 is 2.50 bits per heavy atom. The Labute approximate surface area is 93.7 Å². The van der Waals surface area contributed by atoms with Gasteiger partial charge in [0.1, 0.15) is 0 Å². The Hall–Kier alpha value is -2.10. The van der Waals surface area contributed by atoms with E-state index in [-0.39, 0.29) is 6.61 Å². The van der Waals surface area contributed by atoms with Crippen molar-refractivity contribution in [2.45, 2.75) is 6.42 Å². The number of benzene rings is 1. The fraction of sp³-hybridized carbons (Fsp3) is 0.167. The topological polar surface area (TPSA) is 69.4 Å². The predicted molar refractivity (Wildman–Crippen MR) is 59.4 cm³/mol. The third-order valence-corrected chi connectivity index (χ3v) is 1.86. The zero-order valence-electron chi connectivity index (χ0n) is 8.76. The van der Waals surface area contributed by atoms with Crippen molar-refractivity contribution in [1.82, 2.24) is 0 Å². The lowest BCUT2D eigenvalue weighted by molar-refractivity contribution is -0.137. The van der Waals surface area contributed by atoms with Crippen LogP contribution in [0.25, 0.3) is 0 Å². The number of carbonyl (C=O) groups excluding carboxylic acids is 2. The third-order valence-electron chi connectivity index (χ3n) is 1.86. The lowest BCUT2D eigenvalue weighted by Gasteiger charge is -2.01. The molecule has 0 unspecified atom stereocenters. The van der Waals surface area contributed by atoms with Crippen molar-refractivity contribution < 1.29 is 14.3 Å². The van der Waals surface area contributed by atoms with Crippen LogP contribution < -0.4 is 5.73 Å². The number of amides is 1. The van der Waals surface area contributed by atoms with Gasteiger partial charge in [0.25, 0.3) is 0 Å². The van der Waals surface area contributed by atoms with Crippen LogP contribution >= 0.6 is 0 Å². The first-order chi connectivity index (χ1) is 7.68. The Kier molecular flexibility index (Phi) is 4.79. The maximum absolute atomic E-state index is 11.0. The molecule has 1 aromatic carbocycles. The quantitative estimate of drug-likeness (QED) is 0.588. The van der Waals surface area contributed by atoms with Gasteiger partial charge >= 0.3 is 5.97 Å². The van der Waals surface area contributed by atoms with Crippen molar-refractivity contribution in [1.29, 1.82) is 0 Å². The summed E-state index contributed by atoms with van der Waals surface area (Å²) < 4.78 is 4.86. The van der Waals surface area contributed by atoms with Crippen LogP contribution in [0.3, 0.4) is 0 Å². The van der Waals surface area contributed by atoms with E-state index in [0.29, 0.717) is 6.42 Å². The molecule has 16 heavy (non-hydrogen) atoms. The highest BCUT2D eigenvalue weighted by Crippen LogP contribution is 1.99. The summed E-state index contributed by atoms with van der Waals surface area (Å²) in [6.45, 7) is 0.284. The van der Waals surface area contributed by atoms with E-state index in [1.165, 1.54) is 0 Å². The van der Waals surface area contributed by atoms with Crippen LogP contribution in [0.15, 0.2) is 42.5 Å². The van der Waals surface area contributed by atoms with Crippen LogP contribution in [0.5, 0.6) is 0 Å². The molecule has 0 saturated carbocycles. The first-order valence-electron chi connectivity index (χ1n) is 4.86. The van der Waals surface area contributed by atoms with Crippen LogP contribution in [-0.4, -0.2) is 18.5 Å². The SMILES string of the molecule is NC(=O)/C=C/C(=O)OCCc1ccccc1. The number of esters is 1. The monoisotopic (exact) mass is 219 g/mol. The number of rotatable bonds is 5. The number of nitrogens with two attached hydrogens (primary N) is 1. The lowest BCUT2D eigenvalue weighted by Crippen LogP contribution is -2.09. The number of primary amides is 1. The molecule has 0 aliphatic heterocycles. The Balaban J connectivity index is 2.26. The van der Waals surface area contributed by atoms with Gasteiger partial charge in [-0.3, -0.25) is 4.79 Å². The average Bonchev–Trinajstić information content (AvgIpc) is 2.28. The van der Waals surface area contributed by atoms with Crippen molar-refractivity contribution in [3.05, 3.63) is 48.0 Å². The predicted octanol–water partition coefficient (Wildman–Crippen LogP) is 0.814. The molecule has 1 rings (SSSR count). The van der Waals surface area contributed by atoms with Gasteiger partial charge in [-0.1, -0.05) is 30.3 Å². The minimum absolute atomic E-state index is 0.284. The van der Waals surface area contributed by atoms with Crippen LogP contribution in [0.4, 0.5) is 0 Å². The fourth-order valence-electron chi connectivity index (χ4n) is 1.11. The van der Waals surface area contributed by atoms with Crippen LogP contribution in [-0.2, 0) is 20.7 Å². The number of hydrogen-bond donors (Lipinski definition) is 1. The summed E-state index contributed by atoms with van der Waals surface area (Å²) in [6.07, 6.45) is 2.65. The van der Waals surface area contributed by atoms with Gasteiger partial charge in [-0.05, 0) is 5.56 Å². The molecule has 0 aliphatic carbocycles. The maximum Gasteiger partial charge on any atom is 0.330 e. The second-order valence-corrected chi connectivity index (χ2v) is 3.14. The van der Waals surface area contributed by atoms with Gasteiger partial charge in [-0.15, -0.1) is 0 Å². The highest BCUT2D eigenvalue weighted by Gasteiger charge is 1.98. The highest BCUT2D eigenvalue weighted by molar-refractivity contribution is 5.93. The minimum atomic E-state index is -0.667. The fourth-order valence-corrected chi connectivity index (χ4v) is 1.11. The molecular weight excluding hydrogens is 206 g/mol. The summed E-state index contributed by atoms with van der Waals surface area (Å²) in [5, 5.41) is 0. The third kappa shape index (κ3) is 4.95. The van der Waals surface area contributed by atoms with Crippen molar-refractivity contribution in [2.75, 3.05) is 6.61 Å². The van der Waals surface area contributed by atoms with Crippen LogP contribution in [0.1, 0.15) is 5.56 Å². The van der Waals surface area contributed by atoms with Gasteiger partial charge in [0.2, 0.25) is 5.91 Å². The molecule has 1 amide bonds. The summed E-state index contributed by atoms with van der Waals surface area (Å²) >= 11 is 0. The molecule has 2 N–H and O–H groups in total. The van der Waals surface area contributed by atoms with Crippen LogP contribution in [0, 0.1) is 0 Å². The molecule has 4 nitrogen and oxygen atoms in total. The maximum atomic E-state index is 11.0. The second-order valence-electron chi connectivity index (χ2n) is 3.14. The van der Waals surface area contributed by atoms with Gasteiger partial charge in [0, 0.05) is 18.6 Å². The normalized spacial score (nSPS) is 10.2. The molecule has 0 fully saturated rings. The van der Waals surface area contributed by atoms with E-state index < -0.39 is 11.9 Å². The number of carbonyl (C=O) groups is 2. The zero-order valence-corrected chi connectivity index (χ0v) is 8.76. The van der Waals surface area contributed by atoms with Crippen molar-refractivity contribution in [3.8, 4) is 0 Å². The molecule has 0 radical (unpaired) electrons. The second kappa shape index (κ2) is 6.40. The molecule has 0 heterocycles. The Morgan fingerprint density at radius 2 is 1.88 bits per heavy atom. The van der Waals surface area contributed by atoms with Crippen molar-refractivity contribution in [2.24, 2.45) is 5.73 Å². The van der Waals surface area contributed by atoms with Gasteiger partial charge in [0.05, 0.1) is 6.61 Å². The molecule has 0 atom stereocenters. The van der Waals surface area contributed by atoms with Gasteiger partial charge < -0.3 is 10.5 Å². The van der Waals surface area contributed by atoms with E-state index in [1.807, 2.05) is 30.3 Å². The van der Waals surface area contributed by atoms with Gasteiger partial charge in [-0.2, -0.15) is 0 Å². The summed E-state index contributed by atoms with van der Waals surface area (Å²) in [5.74, 6) is -1.23. The lowest BCUT2D eigenvalue weighted by atomic mass is 10.2. The molecule has 0 aromatic heterocycles. The summed E-state index contributed by atoms with van der Waals surface area (Å²) in [5.41, 5.74) is 5.92.